The maximum absolute atomic E-state index is 13.0. The SMILES string of the molecule is Cc1c(C(O)=C2C(=O)C(=O)N(CC[NH+](C)C)[C@@H]2c2ccco2)cnn1-c1ccccc1. The fraction of sp³-hybridized carbons (Fsp3) is 0.261. The number of ketones is 1. The summed E-state index contributed by atoms with van der Waals surface area (Å²) in [6, 6.07) is 12.1. The second-order valence-corrected chi connectivity index (χ2v) is 7.86. The number of rotatable bonds is 6. The van der Waals surface area contributed by atoms with Crippen molar-refractivity contribution in [3.8, 4) is 5.69 Å². The molecule has 1 aliphatic rings. The van der Waals surface area contributed by atoms with Crippen molar-refractivity contribution in [1.29, 1.82) is 0 Å². The van der Waals surface area contributed by atoms with Crippen LogP contribution in [0.2, 0.25) is 0 Å². The fourth-order valence-corrected chi connectivity index (χ4v) is 3.81. The van der Waals surface area contributed by atoms with Crippen LogP contribution in [0.15, 0.2) is 64.9 Å². The van der Waals surface area contributed by atoms with Gasteiger partial charge in [-0.25, -0.2) is 4.68 Å². The molecule has 8 nitrogen and oxygen atoms in total. The van der Waals surface area contributed by atoms with E-state index in [1.165, 1.54) is 17.4 Å². The summed E-state index contributed by atoms with van der Waals surface area (Å²) in [5.41, 5.74) is 1.91. The van der Waals surface area contributed by atoms with Crippen LogP contribution >= 0.6 is 0 Å². The summed E-state index contributed by atoms with van der Waals surface area (Å²) in [7, 11) is 3.94. The Morgan fingerprint density at radius 3 is 2.55 bits per heavy atom. The van der Waals surface area contributed by atoms with Gasteiger partial charge < -0.3 is 19.3 Å². The van der Waals surface area contributed by atoms with Crippen molar-refractivity contribution >= 4 is 17.4 Å². The Labute approximate surface area is 180 Å². The van der Waals surface area contributed by atoms with Crippen LogP contribution in [-0.4, -0.2) is 58.7 Å². The number of hydrogen-bond acceptors (Lipinski definition) is 5. The third-order valence-electron chi connectivity index (χ3n) is 5.47. The molecular weight excluding hydrogens is 396 g/mol. The molecule has 1 aliphatic heterocycles. The zero-order valence-corrected chi connectivity index (χ0v) is 17.7. The van der Waals surface area contributed by atoms with E-state index < -0.39 is 17.7 Å². The zero-order valence-electron chi connectivity index (χ0n) is 17.7. The molecule has 4 rings (SSSR count). The van der Waals surface area contributed by atoms with Gasteiger partial charge in [-0.3, -0.25) is 9.59 Å². The van der Waals surface area contributed by atoms with E-state index >= 15 is 0 Å². The first kappa shape index (κ1) is 20.6. The number of carbonyl (C=O) groups excluding carboxylic acids is 2. The van der Waals surface area contributed by atoms with Crippen molar-refractivity contribution < 1.29 is 24.0 Å². The number of aliphatic hydroxyl groups is 1. The number of benzene rings is 1. The molecule has 1 amide bonds. The minimum atomic E-state index is -0.783. The molecule has 3 heterocycles. The summed E-state index contributed by atoms with van der Waals surface area (Å²) in [4.78, 5) is 28.4. The molecule has 3 aromatic rings. The van der Waals surface area contributed by atoms with Crippen LogP contribution in [0.3, 0.4) is 0 Å². The van der Waals surface area contributed by atoms with E-state index in [4.69, 9.17) is 4.42 Å². The molecule has 1 fully saturated rings. The first-order valence-electron chi connectivity index (χ1n) is 10.1. The van der Waals surface area contributed by atoms with Gasteiger partial charge in [0, 0.05) is 0 Å². The molecule has 1 aromatic carbocycles. The minimum Gasteiger partial charge on any atom is -0.507 e. The molecule has 1 atom stereocenters. The summed E-state index contributed by atoms with van der Waals surface area (Å²) in [6.45, 7) is 2.81. The zero-order chi connectivity index (χ0) is 22.1. The molecule has 2 aromatic heterocycles. The van der Waals surface area contributed by atoms with Gasteiger partial charge in [-0.1, -0.05) is 18.2 Å². The number of likely N-dealkylation sites (N-methyl/N-ethyl adjacent to an activating group) is 1. The Balaban J connectivity index is 1.81. The molecule has 31 heavy (non-hydrogen) atoms. The number of furan rings is 1. The van der Waals surface area contributed by atoms with E-state index in [1.54, 1.807) is 16.8 Å². The van der Waals surface area contributed by atoms with Gasteiger partial charge in [0.05, 0.1) is 62.2 Å². The Hall–Kier alpha value is -3.65. The molecule has 2 N–H and O–H groups in total. The number of carbonyl (C=O) groups is 2. The first-order chi connectivity index (χ1) is 14.9. The number of nitrogens with one attached hydrogen (secondary N) is 1. The number of aromatic nitrogens is 2. The van der Waals surface area contributed by atoms with Crippen molar-refractivity contribution in [2.75, 3.05) is 27.2 Å². The Morgan fingerprint density at radius 1 is 1.16 bits per heavy atom. The van der Waals surface area contributed by atoms with Gasteiger partial charge in [0.1, 0.15) is 17.6 Å². The third kappa shape index (κ3) is 3.66. The number of Topliss-reactive ketones (excluding diaryl/α,β-unsaturated/α-hetero) is 1. The quantitative estimate of drug-likeness (QED) is 0.356. The van der Waals surface area contributed by atoms with Gasteiger partial charge in [0.15, 0.2) is 0 Å². The topological polar surface area (TPSA) is 93.0 Å². The summed E-state index contributed by atoms with van der Waals surface area (Å²) >= 11 is 0. The molecule has 8 heteroatoms. The number of amides is 1. The van der Waals surface area contributed by atoms with E-state index in [-0.39, 0.29) is 11.3 Å². The molecule has 0 bridgehead atoms. The van der Waals surface area contributed by atoms with Crippen LogP contribution in [0.1, 0.15) is 23.1 Å². The highest BCUT2D eigenvalue weighted by atomic mass is 16.3. The monoisotopic (exact) mass is 421 g/mol. The van der Waals surface area contributed by atoms with Crippen LogP contribution in [0, 0.1) is 6.92 Å². The highest BCUT2D eigenvalue weighted by Crippen LogP contribution is 2.39. The lowest BCUT2D eigenvalue weighted by Gasteiger charge is -2.23. The van der Waals surface area contributed by atoms with E-state index in [0.29, 0.717) is 30.1 Å². The van der Waals surface area contributed by atoms with Gasteiger partial charge in [0.2, 0.25) is 0 Å². The molecule has 0 unspecified atom stereocenters. The van der Waals surface area contributed by atoms with Crippen LogP contribution in [0.5, 0.6) is 0 Å². The average molecular weight is 421 g/mol. The summed E-state index contributed by atoms with van der Waals surface area (Å²) in [6.07, 6.45) is 3.00. The Bertz CT molecular complexity index is 1130. The smallest absolute Gasteiger partial charge is 0.295 e. The molecule has 0 aliphatic carbocycles. The highest BCUT2D eigenvalue weighted by molar-refractivity contribution is 6.46. The van der Waals surface area contributed by atoms with Crippen LogP contribution < -0.4 is 4.90 Å². The third-order valence-corrected chi connectivity index (χ3v) is 5.47. The fourth-order valence-electron chi connectivity index (χ4n) is 3.81. The summed E-state index contributed by atoms with van der Waals surface area (Å²) in [5.74, 6) is -1.18. The summed E-state index contributed by atoms with van der Waals surface area (Å²) < 4.78 is 7.24. The van der Waals surface area contributed by atoms with Crippen molar-refractivity contribution in [1.82, 2.24) is 14.7 Å². The molecule has 160 valence electrons. The number of aliphatic hydroxyl groups excluding tert-OH is 1. The number of quaternary nitrogens is 1. The average Bonchev–Trinajstić information content (AvgIpc) is 3.47. The standard InChI is InChI=1S/C23H24N4O4/c1-15-17(14-24-27(15)16-8-5-4-6-9-16)21(28)19-20(18-10-7-13-31-18)26(12-11-25(2)3)23(30)22(19)29/h4-10,13-14,20,28H,11-12H2,1-3H3/p+1/t20-/m1/s1. The van der Waals surface area contributed by atoms with Gasteiger partial charge in [-0.15, -0.1) is 0 Å². The predicted octanol–water partition coefficient (Wildman–Crippen LogP) is 1.34. The van der Waals surface area contributed by atoms with Gasteiger partial charge in [-0.2, -0.15) is 5.10 Å². The lowest BCUT2D eigenvalue weighted by atomic mass is 9.99. The van der Waals surface area contributed by atoms with Gasteiger partial charge in [0.25, 0.3) is 11.7 Å². The highest BCUT2D eigenvalue weighted by Gasteiger charge is 2.47. The second kappa shape index (κ2) is 8.23. The number of likely N-dealkylation sites (tertiary alicyclic amines) is 1. The molecular formula is C23H25N4O4+. The molecule has 1 saturated heterocycles. The Morgan fingerprint density at radius 2 is 1.90 bits per heavy atom. The molecule has 0 radical (unpaired) electrons. The lowest BCUT2D eigenvalue weighted by Crippen LogP contribution is -3.06. The van der Waals surface area contributed by atoms with Crippen molar-refractivity contribution in [2.45, 2.75) is 13.0 Å². The van der Waals surface area contributed by atoms with Crippen LogP contribution in [0.25, 0.3) is 11.4 Å². The van der Waals surface area contributed by atoms with Crippen molar-refractivity contribution in [3.63, 3.8) is 0 Å². The summed E-state index contributed by atoms with van der Waals surface area (Å²) in [5, 5.41) is 15.6. The van der Waals surface area contributed by atoms with E-state index in [9.17, 15) is 14.7 Å². The van der Waals surface area contributed by atoms with Crippen LogP contribution in [-0.2, 0) is 9.59 Å². The molecule has 0 saturated carbocycles. The van der Waals surface area contributed by atoms with Crippen molar-refractivity contribution in [3.05, 3.63) is 77.5 Å². The normalized spacial score (nSPS) is 18.3. The molecule has 0 spiro atoms. The largest absolute Gasteiger partial charge is 0.507 e. The maximum atomic E-state index is 13.0. The van der Waals surface area contributed by atoms with Gasteiger partial charge in [-0.05, 0) is 31.2 Å². The predicted molar refractivity (Wildman–Crippen MR) is 114 cm³/mol. The van der Waals surface area contributed by atoms with Crippen molar-refractivity contribution in [2.24, 2.45) is 0 Å². The number of para-hydroxylation sites is 1. The lowest BCUT2D eigenvalue weighted by molar-refractivity contribution is -0.857. The first-order valence-corrected chi connectivity index (χ1v) is 10.1. The maximum Gasteiger partial charge on any atom is 0.295 e. The van der Waals surface area contributed by atoms with E-state index in [0.717, 1.165) is 10.6 Å². The number of hydrogen-bond donors (Lipinski definition) is 2. The number of nitrogens with zero attached hydrogens (tertiary/aromatic N) is 3. The van der Waals surface area contributed by atoms with Gasteiger partial charge >= 0.3 is 0 Å². The van der Waals surface area contributed by atoms with Crippen LogP contribution in [0.4, 0.5) is 0 Å². The Kier molecular flexibility index (Phi) is 5.48. The van der Waals surface area contributed by atoms with E-state index in [2.05, 4.69) is 5.10 Å². The minimum absolute atomic E-state index is 0.0180. The van der Waals surface area contributed by atoms with E-state index in [1.807, 2.05) is 51.4 Å². The second-order valence-electron chi connectivity index (χ2n) is 7.86.